The number of aryl methyl sites for hydroxylation is 2. The second kappa shape index (κ2) is 12.8. The van der Waals surface area contributed by atoms with E-state index in [2.05, 4.69) is 36.5 Å². The van der Waals surface area contributed by atoms with Crippen LogP contribution in [0.4, 0.5) is 11.5 Å². The summed E-state index contributed by atoms with van der Waals surface area (Å²) in [5.74, 6) is 0.182. The molecular formula is C30H31BrN6O4. The molecule has 3 amide bonds. The molecule has 0 spiro atoms. The van der Waals surface area contributed by atoms with Crippen molar-refractivity contribution in [3.8, 4) is 5.75 Å². The van der Waals surface area contributed by atoms with Crippen LogP contribution in [0.3, 0.4) is 0 Å². The molecular weight excluding hydrogens is 588 g/mol. The maximum Gasteiger partial charge on any atom is 0.246 e. The number of imidazole rings is 1. The summed E-state index contributed by atoms with van der Waals surface area (Å²) in [5, 5.41) is 5.20. The molecule has 0 aliphatic heterocycles. The van der Waals surface area contributed by atoms with Crippen LogP contribution in [0, 0.1) is 20.8 Å². The van der Waals surface area contributed by atoms with Crippen LogP contribution < -0.4 is 20.3 Å². The predicted molar refractivity (Wildman–Crippen MR) is 162 cm³/mol. The molecule has 4 aromatic rings. The smallest absolute Gasteiger partial charge is 0.246 e. The number of likely N-dealkylation sites (N-methyl/N-ethyl adjacent to an activating group) is 1. The first-order chi connectivity index (χ1) is 19.5. The number of fused-ring (bicyclic) bond motifs is 1. The molecule has 4 rings (SSSR count). The standard InChI is InChI=1S/C30H31BrN6O4/c1-18-8-11-24(19(2)23(18)17-41-25-7-6-14-37-29(31)20(3)34-30(25)37)36(5)28(40)16-33-27(39)13-10-22-9-12-26(32-15-22)35-21(4)38/h6-15H,16-17H2,1-5H3,(H,33,39)(H,32,35,38)/b13-10+. The molecule has 0 fully saturated rings. The van der Waals surface area contributed by atoms with Gasteiger partial charge in [0.25, 0.3) is 0 Å². The number of nitrogens with one attached hydrogen (secondary N) is 2. The molecule has 0 saturated carbocycles. The van der Waals surface area contributed by atoms with Crippen molar-refractivity contribution >= 4 is 56.9 Å². The molecule has 0 aliphatic rings. The van der Waals surface area contributed by atoms with E-state index in [0.29, 0.717) is 23.7 Å². The number of amides is 3. The second-order valence-corrected chi connectivity index (χ2v) is 10.3. The monoisotopic (exact) mass is 618 g/mol. The molecule has 3 aromatic heterocycles. The van der Waals surface area contributed by atoms with Gasteiger partial charge >= 0.3 is 0 Å². The maximum absolute atomic E-state index is 13.0. The Kier molecular flexibility index (Phi) is 9.18. The fraction of sp³-hybridized carbons (Fsp3) is 0.233. The Morgan fingerprint density at radius 2 is 1.90 bits per heavy atom. The quantitative estimate of drug-likeness (QED) is 0.261. The highest BCUT2D eigenvalue weighted by atomic mass is 79.9. The fourth-order valence-electron chi connectivity index (χ4n) is 4.26. The van der Waals surface area contributed by atoms with Crippen LogP contribution in [0.5, 0.6) is 5.75 Å². The Morgan fingerprint density at radius 1 is 1.12 bits per heavy atom. The van der Waals surface area contributed by atoms with E-state index in [1.165, 1.54) is 24.1 Å². The maximum atomic E-state index is 13.0. The zero-order valence-electron chi connectivity index (χ0n) is 23.5. The molecule has 41 heavy (non-hydrogen) atoms. The third kappa shape index (κ3) is 6.98. The molecule has 2 N–H and O–H groups in total. The van der Waals surface area contributed by atoms with E-state index in [9.17, 15) is 14.4 Å². The average Bonchev–Trinajstić information content (AvgIpc) is 3.24. The first-order valence-electron chi connectivity index (χ1n) is 12.9. The van der Waals surface area contributed by atoms with Crippen LogP contribution >= 0.6 is 15.9 Å². The highest BCUT2D eigenvalue weighted by molar-refractivity contribution is 9.10. The van der Waals surface area contributed by atoms with Gasteiger partial charge in [0.15, 0.2) is 11.4 Å². The molecule has 0 bridgehead atoms. The summed E-state index contributed by atoms with van der Waals surface area (Å²) in [5.41, 5.74) is 5.91. The third-order valence-corrected chi connectivity index (χ3v) is 7.51. The Hall–Kier alpha value is -4.51. The number of hydrogen-bond donors (Lipinski definition) is 2. The number of hydrogen-bond acceptors (Lipinski definition) is 6. The van der Waals surface area contributed by atoms with E-state index < -0.39 is 5.91 Å². The molecule has 3 heterocycles. The minimum Gasteiger partial charge on any atom is -0.485 e. The number of pyridine rings is 2. The molecule has 1 aromatic carbocycles. The lowest BCUT2D eigenvalue weighted by atomic mass is 10.0. The summed E-state index contributed by atoms with van der Waals surface area (Å²) >= 11 is 3.56. The summed E-state index contributed by atoms with van der Waals surface area (Å²) in [4.78, 5) is 46.6. The lowest BCUT2D eigenvalue weighted by Crippen LogP contribution is -2.38. The van der Waals surface area contributed by atoms with Gasteiger partial charge in [-0.1, -0.05) is 6.07 Å². The average molecular weight is 620 g/mol. The van der Waals surface area contributed by atoms with E-state index in [4.69, 9.17) is 4.74 Å². The Balaban J connectivity index is 1.38. The van der Waals surface area contributed by atoms with E-state index in [0.717, 1.165) is 38.3 Å². The molecule has 0 radical (unpaired) electrons. The fourth-order valence-corrected chi connectivity index (χ4v) is 4.63. The summed E-state index contributed by atoms with van der Waals surface area (Å²) in [7, 11) is 1.68. The number of aromatic nitrogens is 3. The minimum atomic E-state index is -0.414. The SMILES string of the molecule is CC(=O)Nc1ccc(/C=C/C(=O)NCC(=O)N(C)c2ccc(C)c(COc3cccn4c(Br)c(C)nc34)c2C)cn1. The van der Waals surface area contributed by atoms with E-state index in [1.807, 2.05) is 55.6 Å². The van der Waals surface area contributed by atoms with Gasteiger partial charge in [-0.25, -0.2) is 9.97 Å². The van der Waals surface area contributed by atoms with Crippen molar-refractivity contribution in [2.45, 2.75) is 34.3 Å². The predicted octanol–water partition coefficient (Wildman–Crippen LogP) is 4.75. The Bertz CT molecular complexity index is 1650. The van der Waals surface area contributed by atoms with Gasteiger partial charge in [0, 0.05) is 38.1 Å². The number of nitrogens with zero attached hydrogens (tertiary/aromatic N) is 4. The molecule has 11 heteroatoms. The second-order valence-electron chi connectivity index (χ2n) is 9.51. The number of halogens is 1. The molecule has 0 atom stereocenters. The van der Waals surface area contributed by atoms with Gasteiger partial charge in [-0.05, 0) is 95.4 Å². The van der Waals surface area contributed by atoms with Crippen molar-refractivity contribution in [2.24, 2.45) is 0 Å². The Labute approximate surface area is 246 Å². The largest absolute Gasteiger partial charge is 0.485 e. The lowest BCUT2D eigenvalue weighted by Gasteiger charge is -2.23. The molecule has 0 aliphatic carbocycles. The normalized spacial score (nSPS) is 11.1. The van der Waals surface area contributed by atoms with Crippen molar-refractivity contribution in [1.29, 1.82) is 0 Å². The summed E-state index contributed by atoms with van der Waals surface area (Å²) in [6, 6.07) is 11.0. The van der Waals surface area contributed by atoms with E-state index in [1.54, 1.807) is 25.3 Å². The molecule has 0 unspecified atom stereocenters. The van der Waals surface area contributed by atoms with Gasteiger partial charge < -0.3 is 20.3 Å². The van der Waals surface area contributed by atoms with Crippen molar-refractivity contribution in [2.75, 3.05) is 23.8 Å². The molecule has 10 nitrogen and oxygen atoms in total. The zero-order chi connectivity index (χ0) is 29.7. The Morgan fingerprint density at radius 3 is 2.61 bits per heavy atom. The highest BCUT2D eigenvalue weighted by Gasteiger charge is 2.18. The van der Waals surface area contributed by atoms with Gasteiger partial charge in [0.1, 0.15) is 17.0 Å². The summed E-state index contributed by atoms with van der Waals surface area (Å²) in [6.07, 6.45) is 6.36. The van der Waals surface area contributed by atoms with Crippen LogP contribution in [0.1, 0.15) is 34.9 Å². The van der Waals surface area contributed by atoms with Crippen LogP contribution in [0.2, 0.25) is 0 Å². The van der Waals surface area contributed by atoms with Crippen LogP contribution in [0.25, 0.3) is 11.7 Å². The number of ether oxygens (including phenoxy) is 1. The van der Waals surface area contributed by atoms with Crippen LogP contribution in [0.15, 0.2) is 59.5 Å². The van der Waals surface area contributed by atoms with Crippen LogP contribution in [-0.4, -0.2) is 45.7 Å². The van der Waals surface area contributed by atoms with Crippen LogP contribution in [-0.2, 0) is 21.0 Å². The van der Waals surface area contributed by atoms with Gasteiger partial charge in [0.2, 0.25) is 17.7 Å². The highest BCUT2D eigenvalue weighted by Crippen LogP contribution is 2.29. The molecule has 0 saturated heterocycles. The number of rotatable bonds is 9. The van der Waals surface area contributed by atoms with Crippen molar-refractivity contribution < 1.29 is 19.1 Å². The topological polar surface area (TPSA) is 118 Å². The first kappa shape index (κ1) is 29.5. The van der Waals surface area contributed by atoms with E-state index >= 15 is 0 Å². The number of benzene rings is 1. The lowest BCUT2D eigenvalue weighted by molar-refractivity contribution is -0.122. The van der Waals surface area contributed by atoms with Gasteiger partial charge in [-0.15, -0.1) is 0 Å². The zero-order valence-corrected chi connectivity index (χ0v) is 25.1. The van der Waals surface area contributed by atoms with Gasteiger partial charge in [-0.2, -0.15) is 0 Å². The summed E-state index contributed by atoms with van der Waals surface area (Å²) in [6.45, 7) is 7.42. The number of carbonyl (C=O) groups is 3. The van der Waals surface area contributed by atoms with Gasteiger partial charge in [-0.3, -0.25) is 18.8 Å². The number of anilines is 2. The third-order valence-electron chi connectivity index (χ3n) is 6.56. The van der Waals surface area contributed by atoms with Crippen molar-refractivity contribution in [3.05, 3.63) is 87.4 Å². The molecule has 212 valence electrons. The minimum absolute atomic E-state index is 0.172. The summed E-state index contributed by atoms with van der Waals surface area (Å²) < 4.78 is 9.01. The van der Waals surface area contributed by atoms with Crippen molar-refractivity contribution in [3.63, 3.8) is 0 Å². The van der Waals surface area contributed by atoms with Gasteiger partial charge in [0.05, 0.1) is 12.2 Å². The van der Waals surface area contributed by atoms with Crippen molar-refractivity contribution in [1.82, 2.24) is 19.7 Å². The first-order valence-corrected chi connectivity index (χ1v) is 13.7. The number of carbonyl (C=O) groups excluding carboxylic acids is 3. The van der Waals surface area contributed by atoms with E-state index in [-0.39, 0.29) is 18.4 Å².